The predicted octanol–water partition coefficient (Wildman–Crippen LogP) is 3.28. The highest BCUT2D eigenvalue weighted by atomic mass is 32.1. The third kappa shape index (κ3) is 3.75. The van der Waals surface area contributed by atoms with Crippen LogP contribution in [-0.4, -0.2) is 12.5 Å². The summed E-state index contributed by atoms with van der Waals surface area (Å²) in [5.41, 5.74) is 0.0966. The minimum atomic E-state index is -2.95. The fourth-order valence-corrected chi connectivity index (χ4v) is 2.17. The molecular formula is C13H11F2NO2S. The Morgan fingerprint density at radius 2 is 2.05 bits per heavy atom. The molecule has 6 heteroatoms. The van der Waals surface area contributed by atoms with Gasteiger partial charge in [-0.1, -0.05) is 18.2 Å². The standard InChI is InChI=1S/C13H11F2NO2S/c14-13(15)18-11-6-2-1-5-10(11)12(17)16-8-9-4-3-7-19-9/h1-7,13H,8H2,(H,16,17). The topological polar surface area (TPSA) is 38.3 Å². The molecule has 0 aliphatic heterocycles. The number of rotatable bonds is 5. The van der Waals surface area contributed by atoms with Gasteiger partial charge in [-0.15, -0.1) is 11.3 Å². The molecule has 0 spiro atoms. The third-order valence-corrected chi connectivity index (χ3v) is 3.23. The molecule has 1 heterocycles. The van der Waals surface area contributed by atoms with Crippen LogP contribution in [0.5, 0.6) is 5.75 Å². The quantitative estimate of drug-likeness (QED) is 0.914. The van der Waals surface area contributed by atoms with E-state index in [1.807, 2.05) is 17.5 Å². The van der Waals surface area contributed by atoms with Crippen molar-refractivity contribution in [2.75, 3.05) is 0 Å². The Morgan fingerprint density at radius 1 is 1.26 bits per heavy atom. The number of amides is 1. The van der Waals surface area contributed by atoms with Crippen molar-refractivity contribution in [1.82, 2.24) is 5.32 Å². The van der Waals surface area contributed by atoms with Crippen LogP contribution in [0.25, 0.3) is 0 Å². The van der Waals surface area contributed by atoms with E-state index < -0.39 is 12.5 Å². The molecule has 1 aromatic heterocycles. The molecule has 0 fully saturated rings. The molecule has 0 atom stereocenters. The van der Waals surface area contributed by atoms with Gasteiger partial charge in [-0.2, -0.15) is 8.78 Å². The lowest BCUT2D eigenvalue weighted by atomic mass is 10.2. The summed E-state index contributed by atoms with van der Waals surface area (Å²) in [6.45, 7) is -2.59. The average Bonchev–Trinajstić information content (AvgIpc) is 2.89. The largest absolute Gasteiger partial charge is 0.434 e. The van der Waals surface area contributed by atoms with Gasteiger partial charge in [-0.05, 0) is 23.6 Å². The summed E-state index contributed by atoms with van der Waals surface area (Å²) in [5, 5.41) is 4.56. The molecule has 2 rings (SSSR count). The van der Waals surface area contributed by atoms with Gasteiger partial charge < -0.3 is 10.1 Å². The van der Waals surface area contributed by atoms with E-state index >= 15 is 0 Å². The Hall–Kier alpha value is -1.95. The van der Waals surface area contributed by atoms with Gasteiger partial charge in [0.15, 0.2) is 0 Å². The van der Waals surface area contributed by atoms with E-state index in [0.717, 1.165) is 4.88 Å². The Bertz CT molecular complexity index is 543. The van der Waals surface area contributed by atoms with E-state index in [1.165, 1.54) is 29.5 Å². The number of alkyl halides is 2. The first kappa shape index (κ1) is 13.5. The highest BCUT2D eigenvalue weighted by molar-refractivity contribution is 7.09. The molecule has 0 bridgehead atoms. The van der Waals surface area contributed by atoms with Crippen molar-refractivity contribution in [3.63, 3.8) is 0 Å². The van der Waals surface area contributed by atoms with Crippen molar-refractivity contribution in [3.05, 3.63) is 52.2 Å². The summed E-state index contributed by atoms with van der Waals surface area (Å²) < 4.78 is 28.8. The third-order valence-electron chi connectivity index (χ3n) is 2.35. The molecule has 1 aromatic carbocycles. The van der Waals surface area contributed by atoms with Gasteiger partial charge in [0, 0.05) is 4.88 Å². The molecular weight excluding hydrogens is 272 g/mol. The van der Waals surface area contributed by atoms with Crippen LogP contribution in [0, 0.1) is 0 Å². The Balaban J connectivity index is 2.06. The van der Waals surface area contributed by atoms with E-state index in [0.29, 0.717) is 6.54 Å². The molecule has 100 valence electrons. The molecule has 0 aliphatic carbocycles. The number of ether oxygens (including phenoxy) is 1. The normalized spacial score (nSPS) is 10.5. The lowest BCUT2D eigenvalue weighted by Gasteiger charge is -2.10. The summed E-state index contributed by atoms with van der Waals surface area (Å²) in [7, 11) is 0. The maximum Gasteiger partial charge on any atom is 0.387 e. The van der Waals surface area contributed by atoms with Crippen molar-refractivity contribution < 1.29 is 18.3 Å². The predicted molar refractivity (Wildman–Crippen MR) is 68.6 cm³/mol. The van der Waals surface area contributed by atoms with Crippen LogP contribution in [-0.2, 0) is 6.54 Å². The lowest BCUT2D eigenvalue weighted by Crippen LogP contribution is -2.23. The van der Waals surface area contributed by atoms with Crippen molar-refractivity contribution >= 4 is 17.2 Å². The van der Waals surface area contributed by atoms with Crippen LogP contribution in [0.1, 0.15) is 15.2 Å². The van der Waals surface area contributed by atoms with Gasteiger partial charge >= 0.3 is 6.61 Å². The molecule has 3 nitrogen and oxygen atoms in total. The minimum Gasteiger partial charge on any atom is -0.434 e. The van der Waals surface area contributed by atoms with Crippen molar-refractivity contribution in [1.29, 1.82) is 0 Å². The lowest BCUT2D eigenvalue weighted by molar-refractivity contribution is -0.0501. The van der Waals surface area contributed by atoms with Crippen molar-refractivity contribution in [2.24, 2.45) is 0 Å². The van der Waals surface area contributed by atoms with Crippen LogP contribution in [0.4, 0.5) is 8.78 Å². The van der Waals surface area contributed by atoms with Gasteiger partial charge in [0.05, 0.1) is 12.1 Å². The van der Waals surface area contributed by atoms with E-state index in [2.05, 4.69) is 10.1 Å². The highest BCUT2D eigenvalue weighted by Crippen LogP contribution is 2.20. The first-order chi connectivity index (χ1) is 9.16. The van der Waals surface area contributed by atoms with E-state index in [9.17, 15) is 13.6 Å². The first-order valence-corrected chi connectivity index (χ1v) is 6.39. The molecule has 0 saturated carbocycles. The Labute approximate surface area is 112 Å². The number of hydrogen-bond donors (Lipinski definition) is 1. The highest BCUT2D eigenvalue weighted by Gasteiger charge is 2.14. The molecule has 0 radical (unpaired) electrons. The first-order valence-electron chi connectivity index (χ1n) is 5.51. The zero-order valence-corrected chi connectivity index (χ0v) is 10.6. The van der Waals surface area contributed by atoms with E-state index in [1.54, 1.807) is 6.07 Å². The SMILES string of the molecule is O=C(NCc1cccs1)c1ccccc1OC(F)F. The van der Waals surface area contributed by atoms with Gasteiger partial charge in [0.2, 0.25) is 0 Å². The smallest absolute Gasteiger partial charge is 0.387 e. The maximum absolute atomic E-state index is 12.2. The second kappa shape index (κ2) is 6.29. The molecule has 19 heavy (non-hydrogen) atoms. The number of carbonyl (C=O) groups excluding carboxylic acids is 1. The summed E-state index contributed by atoms with van der Waals surface area (Å²) in [5.74, 6) is -0.564. The van der Waals surface area contributed by atoms with E-state index in [-0.39, 0.29) is 11.3 Å². The van der Waals surface area contributed by atoms with Gasteiger partial charge in [-0.25, -0.2) is 0 Å². The Kier molecular flexibility index (Phi) is 4.46. The van der Waals surface area contributed by atoms with E-state index in [4.69, 9.17) is 0 Å². The zero-order chi connectivity index (χ0) is 13.7. The second-order valence-electron chi connectivity index (χ2n) is 3.64. The fourth-order valence-electron chi connectivity index (χ4n) is 1.53. The van der Waals surface area contributed by atoms with Crippen LogP contribution in [0.3, 0.4) is 0 Å². The number of para-hydroxylation sites is 1. The number of halogens is 2. The van der Waals surface area contributed by atoms with Crippen LogP contribution >= 0.6 is 11.3 Å². The number of hydrogen-bond acceptors (Lipinski definition) is 3. The molecule has 1 amide bonds. The Morgan fingerprint density at radius 3 is 2.74 bits per heavy atom. The van der Waals surface area contributed by atoms with Gasteiger partial charge in [0.25, 0.3) is 5.91 Å². The van der Waals surface area contributed by atoms with Crippen molar-refractivity contribution in [2.45, 2.75) is 13.2 Å². The number of nitrogens with one attached hydrogen (secondary N) is 1. The van der Waals surface area contributed by atoms with Crippen LogP contribution < -0.4 is 10.1 Å². The van der Waals surface area contributed by atoms with Crippen LogP contribution in [0.15, 0.2) is 41.8 Å². The summed E-state index contributed by atoms with van der Waals surface area (Å²) in [6, 6.07) is 9.67. The molecule has 2 aromatic rings. The molecule has 0 unspecified atom stereocenters. The summed E-state index contributed by atoms with van der Waals surface area (Å²) in [6.07, 6.45) is 0. The number of thiophene rings is 1. The zero-order valence-electron chi connectivity index (χ0n) is 9.81. The monoisotopic (exact) mass is 283 g/mol. The number of carbonyl (C=O) groups is 1. The van der Waals surface area contributed by atoms with Crippen molar-refractivity contribution in [3.8, 4) is 5.75 Å². The summed E-state index contributed by atoms with van der Waals surface area (Å²) >= 11 is 1.51. The number of benzene rings is 1. The second-order valence-corrected chi connectivity index (χ2v) is 4.67. The minimum absolute atomic E-state index is 0.0966. The molecule has 0 aliphatic rings. The van der Waals surface area contributed by atoms with Crippen LogP contribution in [0.2, 0.25) is 0 Å². The van der Waals surface area contributed by atoms with Gasteiger partial charge in [0.1, 0.15) is 5.75 Å². The average molecular weight is 283 g/mol. The molecule has 1 N–H and O–H groups in total. The summed E-state index contributed by atoms with van der Waals surface area (Å²) in [4.78, 5) is 12.9. The fraction of sp³-hybridized carbons (Fsp3) is 0.154. The molecule has 0 saturated heterocycles. The van der Waals surface area contributed by atoms with Gasteiger partial charge in [-0.3, -0.25) is 4.79 Å². The maximum atomic E-state index is 12.2.